The largest absolute Gasteiger partial charge is 0.343 e. The molecule has 0 unspecified atom stereocenters. The van der Waals surface area contributed by atoms with Gasteiger partial charge >= 0.3 is 0 Å². The summed E-state index contributed by atoms with van der Waals surface area (Å²) >= 11 is 0. The van der Waals surface area contributed by atoms with Gasteiger partial charge in [0.15, 0.2) is 0 Å². The van der Waals surface area contributed by atoms with Crippen LogP contribution in [-0.2, 0) is 6.54 Å². The number of nitrogens with one attached hydrogen (secondary N) is 1. The number of pyridine rings is 1. The summed E-state index contributed by atoms with van der Waals surface area (Å²) in [5, 5.41) is 6.84. The first kappa shape index (κ1) is 20.5. The molecule has 1 N–H and O–H groups in total. The van der Waals surface area contributed by atoms with Crippen LogP contribution in [0.5, 0.6) is 0 Å². The van der Waals surface area contributed by atoms with Gasteiger partial charge in [0.1, 0.15) is 0 Å². The van der Waals surface area contributed by atoms with Crippen molar-refractivity contribution in [3.05, 3.63) is 83.3 Å². The summed E-state index contributed by atoms with van der Waals surface area (Å²) in [6.07, 6.45) is 3.33. The third-order valence-electron chi connectivity index (χ3n) is 5.30. The number of hydrogen-bond donors (Lipinski definition) is 1. The molecule has 7 nitrogen and oxygen atoms in total. The fourth-order valence-corrected chi connectivity index (χ4v) is 3.59. The van der Waals surface area contributed by atoms with Crippen LogP contribution in [0.15, 0.2) is 59.4 Å². The lowest BCUT2D eigenvalue weighted by atomic mass is 10.0. The molecule has 0 radical (unpaired) electrons. The number of amides is 1. The summed E-state index contributed by atoms with van der Waals surface area (Å²) in [5.41, 5.74) is 5.64. The van der Waals surface area contributed by atoms with Gasteiger partial charge in [0.2, 0.25) is 11.7 Å². The van der Waals surface area contributed by atoms with Crippen LogP contribution in [0.25, 0.3) is 17.1 Å². The number of aromatic nitrogens is 4. The second kappa shape index (κ2) is 8.55. The van der Waals surface area contributed by atoms with Gasteiger partial charge in [-0.2, -0.15) is 4.98 Å². The molecule has 3 aromatic heterocycles. The van der Waals surface area contributed by atoms with Gasteiger partial charge in [0, 0.05) is 35.0 Å². The van der Waals surface area contributed by atoms with Crippen molar-refractivity contribution in [2.75, 3.05) is 0 Å². The van der Waals surface area contributed by atoms with Crippen molar-refractivity contribution in [1.82, 2.24) is 25.0 Å². The number of benzene rings is 1. The molecule has 0 saturated carbocycles. The fraction of sp³-hybridized carbons (Fsp3) is 0.250. The minimum absolute atomic E-state index is 0.156. The standard InChI is InChI=1S/C24H25N5O2/c1-15(2)18-5-7-20(8-6-18)29-16(3)13-21(17(29)4)24(30)26-14-22-27-23(28-31-22)19-9-11-25-12-10-19/h5-13,15H,14H2,1-4H3,(H,26,30). The molecule has 0 saturated heterocycles. The molecule has 0 aliphatic rings. The number of nitrogens with zero attached hydrogens (tertiary/aromatic N) is 4. The first-order chi connectivity index (χ1) is 14.9. The molecule has 4 aromatic rings. The minimum atomic E-state index is -0.179. The highest BCUT2D eigenvalue weighted by Gasteiger charge is 2.18. The van der Waals surface area contributed by atoms with Gasteiger partial charge in [-0.25, -0.2) is 0 Å². The number of aryl methyl sites for hydroxylation is 1. The Kier molecular flexibility index (Phi) is 5.66. The van der Waals surface area contributed by atoms with E-state index in [0.717, 1.165) is 22.6 Å². The number of carbonyl (C=O) groups is 1. The topological polar surface area (TPSA) is 85.8 Å². The monoisotopic (exact) mass is 415 g/mol. The van der Waals surface area contributed by atoms with E-state index in [-0.39, 0.29) is 12.5 Å². The van der Waals surface area contributed by atoms with Crippen LogP contribution in [0.2, 0.25) is 0 Å². The molecule has 0 aliphatic heterocycles. The smallest absolute Gasteiger partial charge is 0.253 e. The van der Waals surface area contributed by atoms with Crippen LogP contribution in [0.3, 0.4) is 0 Å². The van der Waals surface area contributed by atoms with Gasteiger partial charge in [-0.05, 0) is 55.7 Å². The maximum absolute atomic E-state index is 12.8. The Labute approximate surface area is 181 Å². The van der Waals surface area contributed by atoms with Crippen molar-refractivity contribution in [2.45, 2.75) is 40.2 Å². The van der Waals surface area contributed by atoms with E-state index in [9.17, 15) is 4.79 Å². The molecule has 0 spiro atoms. The Morgan fingerprint density at radius 3 is 2.48 bits per heavy atom. The molecule has 7 heteroatoms. The Hall–Kier alpha value is -3.74. The molecule has 0 bridgehead atoms. The zero-order valence-corrected chi connectivity index (χ0v) is 18.1. The van der Waals surface area contributed by atoms with Gasteiger partial charge in [0.05, 0.1) is 12.1 Å². The van der Waals surface area contributed by atoms with Crippen molar-refractivity contribution in [2.24, 2.45) is 0 Å². The summed E-state index contributed by atoms with van der Waals surface area (Å²) in [4.78, 5) is 21.1. The van der Waals surface area contributed by atoms with E-state index in [4.69, 9.17) is 4.52 Å². The minimum Gasteiger partial charge on any atom is -0.343 e. The van der Waals surface area contributed by atoms with E-state index < -0.39 is 0 Å². The molecule has 0 fully saturated rings. The Balaban J connectivity index is 1.48. The summed E-state index contributed by atoms with van der Waals surface area (Å²) in [7, 11) is 0. The van der Waals surface area contributed by atoms with Crippen LogP contribution >= 0.6 is 0 Å². The average molecular weight is 415 g/mol. The van der Waals surface area contributed by atoms with Crippen LogP contribution in [-0.4, -0.2) is 25.6 Å². The third kappa shape index (κ3) is 4.26. The highest BCUT2D eigenvalue weighted by Crippen LogP contribution is 2.23. The van der Waals surface area contributed by atoms with Gasteiger partial charge in [0.25, 0.3) is 5.91 Å². The number of hydrogen-bond acceptors (Lipinski definition) is 5. The molecule has 158 valence electrons. The molecule has 0 atom stereocenters. The van der Waals surface area contributed by atoms with Crippen LogP contribution in [0.1, 0.15) is 53.0 Å². The SMILES string of the molecule is Cc1cc(C(=O)NCc2nc(-c3ccncc3)no2)c(C)n1-c1ccc(C(C)C)cc1. The van der Waals surface area contributed by atoms with E-state index in [1.54, 1.807) is 24.5 Å². The Bertz CT molecular complexity index is 1190. The summed E-state index contributed by atoms with van der Waals surface area (Å²) in [6.45, 7) is 8.45. The normalized spacial score (nSPS) is 11.1. The van der Waals surface area contributed by atoms with Crippen molar-refractivity contribution >= 4 is 5.91 Å². The molecule has 1 amide bonds. The zero-order chi connectivity index (χ0) is 22.0. The Morgan fingerprint density at radius 1 is 1.10 bits per heavy atom. The van der Waals surface area contributed by atoms with E-state index in [1.807, 2.05) is 19.9 Å². The lowest BCUT2D eigenvalue weighted by molar-refractivity contribution is 0.0945. The maximum atomic E-state index is 12.8. The van der Waals surface area contributed by atoms with Crippen LogP contribution in [0.4, 0.5) is 0 Å². The highest BCUT2D eigenvalue weighted by molar-refractivity contribution is 5.95. The van der Waals surface area contributed by atoms with E-state index >= 15 is 0 Å². The highest BCUT2D eigenvalue weighted by atomic mass is 16.5. The van der Waals surface area contributed by atoms with Gasteiger partial charge < -0.3 is 14.4 Å². The molecular formula is C24H25N5O2. The fourth-order valence-electron chi connectivity index (χ4n) is 3.59. The summed E-state index contributed by atoms with van der Waals surface area (Å²) in [5.74, 6) is 1.11. The van der Waals surface area contributed by atoms with Crippen LogP contribution < -0.4 is 5.32 Å². The second-order valence-electron chi connectivity index (χ2n) is 7.80. The van der Waals surface area contributed by atoms with Crippen LogP contribution in [0, 0.1) is 13.8 Å². The van der Waals surface area contributed by atoms with Gasteiger partial charge in [-0.15, -0.1) is 0 Å². The lowest BCUT2D eigenvalue weighted by Gasteiger charge is -2.12. The molecule has 31 heavy (non-hydrogen) atoms. The van der Waals surface area contributed by atoms with Gasteiger partial charge in [-0.3, -0.25) is 9.78 Å². The summed E-state index contributed by atoms with van der Waals surface area (Å²) < 4.78 is 7.35. The summed E-state index contributed by atoms with van der Waals surface area (Å²) in [6, 6.07) is 14.0. The quantitative estimate of drug-likeness (QED) is 0.498. The number of carbonyl (C=O) groups excluding carboxylic acids is 1. The van der Waals surface area contributed by atoms with E-state index in [2.05, 4.69) is 63.1 Å². The van der Waals surface area contributed by atoms with E-state index in [1.165, 1.54) is 5.56 Å². The maximum Gasteiger partial charge on any atom is 0.253 e. The molecule has 0 aliphatic carbocycles. The van der Waals surface area contributed by atoms with Gasteiger partial charge in [-0.1, -0.05) is 31.1 Å². The molecular weight excluding hydrogens is 390 g/mol. The first-order valence-electron chi connectivity index (χ1n) is 10.2. The first-order valence-corrected chi connectivity index (χ1v) is 10.2. The molecule has 4 rings (SSSR count). The average Bonchev–Trinajstić information content (AvgIpc) is 3.37. The van der Waals surface area contributed by atoms with E-state index in [0.29, 0.717) is 23.2 Å². The third-order valence-corrected chi connectivity index (χ3v) is 5.30. The molecule has 1 aromatic carbocycles. The Morgan fingerprint density at radius 2 is 1.81 bits per heavy atom. The number of rotatable bonds is 6. The zero-order valence-electron chi connectivity index (χ0n) is 18.1. The van der Waals surface area contributed by atoms with Crippen molar-refractivity contribution < 1.29 is 9.32 Å². The molecule has 3 heterocycles. The van der Waals surface area contributed by atoms with Crippen molar-refractivity contribution in [3.63, 3.8) is 0 Å². The van der Waals surface area contributed by atoms with Crippen molar-refractivity contribution in [1.29, 1.82) is 0 Å². The predicted molar refractivity (Wildman–Crippen MR) is 118 cm³/mol. The lowest BCUT2D eigenvalue weighted by Crippen LogP contribution is -2.23. The second-order valence-corrected chi connectivity index (χ2v) is 7.80. The van der Waals surface area contributed by atoms with Crippen molar-refractivity contribution in [3.8, 4) is 17.1 Å². The predicted octanol–water partition coefficient (Wildman–Crippen LogP) is 4.59.